The van der Waals surface area contributed by atoms with Crippen molar-refractivity contribution in [3.63, 3.8) is 0 Å². The molecule has 0 aliphatic rings. The third-order valence-electron chi connectivity index (χ3n) is 1.60. The van der Waals surface area contributed by atoms with Gasteiger partial charge in [0.2, 0.25) is 0 Å². The van der Waals surface area contributed by atoms with Crippen LogP contribution >= 0.6 is 0 Å². The molecule has 0 aromatic carbocycles. The maximum Gasteiger partial charge on any atom is 0.138 e. The maximum atomic E-state index is 2.54. The fraction of sp³-hybridized carbons (Fsp3) is 1.00. The topological polar surface area (TPSA) is 3.24 Å². The lowest BCUT2D eigenvalue weighted by atomic mass is 10.7. The Morgan fingerprint density at radius 3 is 1.82 bits per heavy atom. The molecule has 0 heterocycles. The van der Waals surface area contributed by atoms with Crippen LogP contribution in [0.4, 0.5) is 0 Å². The summed E-state index contributed by atoms with van der Waals surface area (Å²) in [6.07, 6.45) is 0. The lowest BCUT2D eigenvalue weighted by Gasteiger charge is -2.21. The Labute approximate surface area is 75.1 Å². The lowest BCUT2D eigenvalue weighted by molar-refractivity contribution is 0.494. The van der Waals surface area contributed by atoms with Gasteiger partial charge in [0.15, 0.2) is 0 Å². The first-order valence-electron chi connectivity index (χ1n) is 4.48. The van der Waals surface area contributed by atoms with Crippen LogP contribution in [0.2, 0.25) is 25.3 Å². The highest BCUT2D eigenvalue weighted by atomic mass is 28.4. The van der Waals surface area contributed by atoms with Crippen molar-refractivity contribution in [1.29, 1.82) is 0 Å². The summed E-state index contributed by atoms with van der Waals surface area (Å²) < 4.78 is 2.54. The molecule has 0 bridgehead atoms. The van der Waals surface area contributed by atoms with Crippen LogP contribution in [0.3, 0.4) is 0 Å². The van der Waals surface area contributed by atoms with Gasteiger partial charge in [0.25, 0.3) is 0 Å². The molecule has 0 aromatic rings. The van der Waals surface area contributed by atoms with Gasteiger partial charge in [0.1, 0.15) is 9.68 Å². The predicted molar refractivity (Wildman–Crippen MR) is 56.8 cm³/mol. The van der Waals surface area contributed by atoms with Gasteiger partial charge in [-0.2, -0.15) is 0 Å². The van der Waals surface area contributed by atoms with Crippen molar-refractivity contribution in [3.8, 4) is 0 Å². The number of hydrogen-bond acceptors (Lipinski definition) is 1. The van der Waals surface area contributed by atoms with Crippen LogP contribution in [0, 0.1) is 0 Å². The lowest BCUT2D eigenvalue weighted by Crippen LogP contribution is -2.33. The van der Waals surface area contributed by atoms with E-state index in [1.807, 2.05) is 0 Å². The fourth-order valence-corrected chi connectivity index (χ4v) is 4.04. The average molecular weight is 187 g/mol. The van der Waals surface area contributed by atoms with Crippen LogP contribution in [-0.2, 0) is 0 Å². The minimum atomic E-state index is -0.782. The summed E-state index contributed by atoms with van der Waals surface area (Å²) in [6.45, 7) is 14.3. The fourth-order valence-electron chi connectivity index (χ4n) is 0.796. The van der Waals surface area contributed by atoms with Crippen molar-refractivity contribution in [1.82, 2.24) is 4.57 Å². The van der Waals surface area contributed by atoms with E-state index in [1.165, 1.54) is 18.8 Å². The second-order valence-corrected chi connectivity index (χ2v) is 11.6. The Hall–Kier alpha value is 0.394. The molecule has 0 unspecified atom stereocenters. The molecular formula is C8H21NSi2. The van der Waals surface area contributed by atoms with E-state index in [-0.39, 0.29) is 0 Å². The third kappa shape index (κ3) is 6.78. The van der Waals surface area contributed by atoms with Crippen LogP contribution in [0.5, 0.6) is 0 Å². The summed E-state index contributed by atoms with van der Waals surface area (Å²) in [5, 5.41) is 0. The molecule has 0 fully saturated rings. The second-order valence-electron chi connectivity index (χ2n) is 4.07. The van der Waals surface area contributed by atoms with Crippen molar-refractivity contribution >= 4 is 17.8 Å². The van der Waals surface area contributed by atoms with Crippen molar-refractivity contribution < 1.29 is 0 Å². The predicted octanol–water partition coefficient (Wildman–Crippen LogP) is 2.24. The highest BCUT2D eigenvalue weighted by molar-refractivity contribution is 6.82. The molecule has 0 amide bonds. The van der Waals surface area contributed by atoms with Crippen molar-refractivity contribution in [2.75, 3.05) is 13.1 Å². The summed E-state index contributed by atoms with van der Waals surface area (Å²) in [5.41, 5.74) is 1.47. The van der Waals surface area contributed by atoms with Gasteiger partial charge in [0.05, 0.1) is 0 Å². The smallest absolute Gasteiger partial charge is 0.138 e. The normalized spacial score (nSPS) is 12.5. The Balaban J connectivity index is 3.51. The van der Waals surface area contributed by atoms with Crippen molar-refractivity contribution in [2.45, 2.75) is 39.2 Å². The van der Waals surface area contributed by atoms with Crippen LogP contribution in [0.1, 0.15) is 13.8 Å². The molecule has 0 saturated carbocycles. The molecule has 3 heteroatoms. The van der Waals surface area contributed by atoms with Crippen LogP contribution in [-0.4, -0.2) is 35.4 Å². The van der Waals surface area contributed by atoms with E-state index < -0.39 is 8.07 Å². The summed E-state index contributed by atoms with van der Waals surface area (Å²) >= 11 is 0. The van der Waals surface area contributed by atoms with E-state index in [0.29, 0.717) is 0 Å². The molecule has 0 saturated heterocycles. The molecule has 0 rings (SSSR count). The Kier molecular flexibility index (Phi) is 5.30. The zero-order valence-corrected chi connectivity index (χ0v) is 10.6. The van der Waals surface area contributed by atoms with E-state index in [2.05, 4.69) is 38.1 Å². The monoisotopic (exact) mass is 187 g/mol. The molecule has 0 atom stereocenters. The first-order valence-corrected chi connectivity index (χ1v) is 9.34. The Morgan fingerprint density at radius 2 is 1.55 bits per heavy atom. The minimum absolute atomic E-state index is 0.782. The molecule has 0 N–H and O–H groups in total. The van der Waals surface area contributed by atoms with E-state index in [0.717, 1.165) is 9.68 Å². The van der Waals surface area contributed by atoms with Gasteiger partial charge in [-0.25, -0.2) is 0 Å². The standard InChI is InChI=1S/C8H21NSi2/c1-6-9(7-2)10-8-11(3,4)5/h6-8H2,1-5H3. The highest BCUT2D eigenvalue weighted by Gasteiger charge is 2.14. The summed E-state index contributed by atoms with van der Waals surface area (Å²) in [4.78, 5) is 0. The van der Waals surface area contributed by atoms with Gasteiger partial charge in [-0.15, -0.1) is 0 Å². The minimum Gasteiger partial charge on any atom is -0.326 e. The second kappa shape index (κ2) is 5.11. The summed E-state index contributed by atoms with van der Waals surface area (Å²) in [5.74, 6) is 0. The number of nitrogens with zero attached hydrogens (tertiary/aromatic N) is 1. The first kappa shape index (κ1) is 11.4. The molecule has 11 heavy (non-hydrogen) atoms. The Morgan fingerprint density at radius 1 is 1.09 bits per heavy atom. The largest absolute Gasteiger partial charge is 0.326 e. The van der Waals surface area contributed by atoms with Crippen molar-refractivity contribution in [3.05, 3.63) is 0 Å². The number of hydrogen-bond donors (Lipinski definition) is 0. The van der Waals surface area contributed by atoms with E-state index in [1.54, 1.807) is 0 Å². The molecule has 1 nitrogen and oxygen atoms in total. The molecule has 0 aliphatic heterocycles. The highest BCUT2D eigenvalue weighted by Crippen LogP contribution is 2.06. The van der Waals surface area contributed by atoms with E-state index in [9.17, 15) is 0 Å². The zero-order chi connectivity index (χ0) is 8.91. The molecule has 0 aliphatic carbocycles. The molecule has 2 radical (unpaired) electrons. The SMILES string of the molecule is CCN(CC)[Si]C[Si](C)(C)C. The van der Waals surface area contributed by atoms with Crippen LogP contribution in [0.25, 0.3) is 0 Å². The Bertz CT molecular complexity index is 94.8. The van der Waals surface area contributed by atoms with Gasteiger partial charge in [-0.3, -0.25) is 0 Å². The third-order valence-corrected chi connectivity index (χ3v) is 7.55. The van der Waals surface area contributed by atoms with Gasteiger partial charge < -0.3 is 4.57 Å². The summed E-state index contributed by atoms with van der Waals surface area (Å²) in [6, 6.07) is 0. The summed E-state index contributed by atoms with van der Waals surface area (Å²) in [7, 11) is 0.288. The van der Waals surface area contributed by atoms with Gasteiger partial charge >= 0.3 is 0 Å². The van der Waals surface area contributed by atoms with Crippen molar-refractivity contribution in [2.24, 2.45) is 0 Å². The van der Waals surface area contributed by atoms with Gasteiger partial charge in [-0.05, 0) is 13.1 Å². The van der Waals surface area contributed by atoms with E-state index >= 15 is 0 Å². The average Bonchev–Trinajstić information content (AvgIpc) is 1.88. The maximum absolute atomic E-state index is 2.54. The van der Waals surface area contributed by atoms with Crippen LogP contribution in [0.15, 0.2) is 0 Å². The van der Waals surface area contributed by atoms with Gasteiger partial charge in [0, 0.05) is 8.07 Å². The van der Waals surface area contributed by atoms with Crippen LogP contribution < -0.4 is 0 Å². The first-order chi connectivity index (χ1) is 4.99. The quantitative estimate of drug-likeness (QED) is 0.597. The molecule has 66 valence electrons. The van der Waals surface area contributed by atoms with E-state index in [4.69, 9.17) is 0 Å². The van der Waals surface area contributed by atoms with Gasteiger partial charge in [-0.1, -0.05) is 39.2 Å². The molecular weight excluding hydrogens is 166 g/mol. The number of rotatable bonds is 5. The molecule has 0 aromatic heterocycles. The zero-order valence-electron chi connectivity index (χ0n) is 8.57. The molecule has 0 spiro atoms.